The Morgan fingerprint density at radius 2 is 1.89 bits per heavy atom. The van der Waals surface area contributed by atoms with Gasteiger partial charge in [0.25, 0.3) is 5.91 Å². The maximum atomic E-state index is 13.8. The molecule has 1 atom stereocenters. The number of carbonyl (C=O) groups is 3. The van der Waals surface area contributed by atoms with E-state index in [0.717, 1.165) is 18.4 Å². The second-order valence-electron chi connectivity index (χ2n) is 9.40. The summed E-state index contributed by atoms with van der Waals surface area (Å²) in [7, 11) is 1.30. The molecule has 0 bridgehead atoms. The first-order valence-electron chi connectivity index (χ1n) is 12.9. The number of esters is 1. The number of aliphatic hydroxyl groups excluding tert-OH is 1. The van der Waals surface area contributed by atoms with Gasteiger partial charge in [-0.2, -0.15) is 0 Å². The van der Waals surface area contributed by atoms with Crippen LogP contribution in [-0.4, -0.2) is 62.2 Å². The van der Waals surface area contributed by atoms with Crippen molar-refractivity contribution < 1.29 is 29.3 Å². The van der Waals surface area contributed by atoms with Crippen LogP contribution in [0.5, 0.6) is 0 Å². The second-order valence-corrected chi connectivity index (χ2v) is 9.40. The molecule has 1 fully saturated rings. The van der Waals surface area contributed by atoms with Crippen LogP contribution in [0.1, 0.15) is 70.5 Å². The van der Waals surface area contributed by atoms with Crippen molar-refractivity contribution in [2.75, 3.05) is 13.7 Å². The number of unbranched alkanes of at least 4 members (excludes halogenated alkanes) is 1. The number of hydrogen-bond acceptors (Lipinski definition) is 6. The van der Waals surface area contributed by atoms with Crippen LogP contribution < -0.4 is 0 Å². The molecular formula is C29H33N3O6. The molecule has 0 unspecified atom stereocenters. The van der Waals surface area contributed by atoms with Gasteiger partial charge in [-0.25, -0.2) is 14.6 Å². The molecule has 1 amide bonds. The number of ether oxygens (including phenoxy) is 1. The number of carboxylic acid groups (broad SMARTS) is 1. The fourth-order valence-electron chi connectivity index (χ4n) is 5.04. The highest BCUT2D eigenvalue weighted by Crippen LogP contribution is 2.28. The lowest BCUT2D eigenvalue weighted by Crippen LogP contribution is -2.42. The third-order valence-electron chi connectivity index (χ3n) is 6.95. The summed E-state index contributed by atoms with van der Waals surface area (Å²) >= 11 is 0. The Kier molecular flexibility index (Phi) is 8.58. The van der Waals surface area contributed by atoms with Gasteiger partial charge in [0.2, 0.25) is 0 Å². The van der Waals surface area contributed by atoms with Crippen LogP contribution >= 0.6 is 0 Å². The number of likely N-dealkylation sites (tertiary alicyclic amines) is 1. The second kappa shape index (κ2) is 12.0. The highest BCUT2D eigenvalue weighted by Gasteiger charge is 2.38. The Labute approximate surface area is 221 Å². The number of methoxy groups -OCH3 is 1. The van der Waals surface area contributed by atoms with Gasteiger partial charge in [-0.3, -0.25) is 4.79 Å². The van der Waals surface area contributed by atoms with E-state index >= 15 is 0 Å². The number of carbonyl (C=O) groups excluding carboxylic acids is 2. The maximum Gasteiger partial charge on any atom is 0.336 e. The first-order chi connectivity index (χ1) is 18.4. The summed E-state index contributed by atoms with van der Waals surface area (Å²) in [4.78, 5) is 44.4. The molecule has 0 spiro atoms. The SMILES string of the molecule is CCCCc1nc(CO)c(C(=O)N2CCC[C@H]2C(=O)OC)n1Cc1ccc(-c2ccccc2)c(C(=O)O)c1. The van der Waals surface area contributed by atoms with Gasteiger partial charge in [0, 0.05) is 19.5 Å². The van der Waals surface area contributed by atoms with Crippen LogP contribution in [-0.2, 0) is 29.1 Å². The number of rotatable bonds is 10. The molecule has 2 heterocycles. The number of nitrogens with zero attached hydrogens (tertiary/aromatic N) is 3. The third kappa shape index (κ3) is 5.47. The fraction of sp³-hybridized carbons (Fsp3) is 0.379. The van der Waals surface area contributed by atoms with E-state index in [1.807, 2.05) is 36.4 Å². The van der Waals surface area contributed by atoms with Gasteiger partial charge < -0.3 is 24.4 Å². The van der Waals surface area contributed by atoms with E-state index in [2.05, 4.69) is 11.9 Å². The monoisotopic (exact) mass is 519 g/mol. The van der Waals surface area contributed by atoms with E-state index in [4.69, 9.17) is 4.74 Å². The average molecular weight is 520 g/mol. The van der Waals surface area contributed by atoms with Crippen molar-refractivity contribution in [2.45, 2.75) is 58.2 Å². The van der Waals surface area contributed by atoms with Crippen molar-refractivity contribution in [1.29, 1.82) is 0 Å². The quantitative estimate of drug-likeness (QED) is 0.390. The molecule has 1 saturated heterocycles. The molecule has 1 aliphatic rings. The number of aliphatic hydroxyl groups is 1. The molecule has 0 saturated carbocycles. The number of amides is 1. The van der Waals surface area contributed by atoms with Gasteiger partial charge in [-0.05, 0) is 42.0 Å². The average Bonchev–Trinajstić information content (AvgIpc) is 3.56. The number of aryl methyl sites for hydroxylation is 1. The van der Waals surface area contributed by atoms with Crippen LogP contribution in [0.25, 0.3) is 11.1 Å². The topological polar surface area (TPSA) is 122 Å². The molecule has 2 N–H and O–H groups in total. The Bertz CT molecular complexity index is 1320. The lowest BCUT2D eigenvalue weighted by Gasteiger charge is -2.24. The zero-order valence-corrected chi connectivity index (χ0v) is 21.7. The van der Waals surface area contributed by atoms with Gasteiger partial charge in [0.05, 0.1) is 25.0 Å². The van der Waals surface area contributed by atoms with Crippen molar-refractivity contribution in [1.82, 2.24) is 14.5 Å². The van der Waals surface area contributed by atoms with Crippen molar-refractivity contribution in [2.24, 2.45) is 0 Å². The predicted molar refractivity (Wildman–Crippen MR) is 141 cm³/mol. The van der Waals surface area contributed by atoms with E-state index in [1.54, 1.807) is 16.7 Å². The molecule has 1 aromatic heterocycles. The van der Waals surface area contributed by atoms with Crippen LogP contribution in [0.2, 0.25) is 0 Å². The lowest BCUT2D eigenvalue weighted by atomic mass is 9.97. The standard InChI is InChI=1S/C29H33N3O6/c1-3-4-12-25-30-23(18-33)26(27(34)31-15-8-11-24(31)29(37)38-2)32(25)17-19-13-14-21(22(16-19)28(35)36)20-9-6-5-7-10-20/h5-7,9-10,13-14,16,24,33H,3-4,8,11-12,15,17-18H2,1-2H3,(H,35,36)/t24-/m0/s1. The Balaban J connectivity index is 1.77. The zero-order valence-electron chi connectivity index (χ0n) is 21.7. The van der Waals surface area contributed by atoms with Crippen LogP contribution in [0.4, 0.5) is 0 Å². The molecule has 0 aliphatic carbocycles. The van der Waals surface area contributed by atoms with Crippen molar-refractivity contribution in [3.63, 3.8) is 0 Å². The normalized spacial score (nSPS) is 15.0. The molecule has 2 aromatic carbocycles. The smallest absolute Gasteiger partial charge is 0.336 e. The number of benzene rings is 2. The van der Waals surface area contributed by atoms with E-state index < -0.39 is 30.5 Å². The van der Waals surface area contributed by atoms with Crippen molar-refractivity contribution >= 4 is 17.8 Å². The Hall–Kier alpha value is -3.98. The third-order valence-corrected chi connectivity index (χ3v) is 6.95. The van der Waals surface area contributed by atoms with Crippen molar-refractivity contribution in [3.05, 3.63) is 76.9 Å². The highest BCUT2D eigenvalue weighted by molar-refractivity contribution is 5.97. The van der Waals surface area contributed by atoms with E-state index in [0.29, 0.717) is 42.8 Å². The van der Waals surface area contributed by atoms with E-state index in [-0.39, 0.29) is 23.5 Å². The Morgan fingerprint density at radius 3 is 2.55 bits per heavy atom. The van der Waals surface area contributed by atoms with Gasteiger partial charge >= 0.3 is 11.9 Å². The van der Waals surface area contributed by atoms with Crippen LogP contribution in [0, 0.1) is 0 Å². The molecular weight excluding hydrogens is 486 g/mol. The fourth-order valence-corrected chi connectivity index (χ4v) is 5.04. The lowest BCUT2D eigenvalue weighted by molar-refractivity contribution is -0.145. The number of aromatic carboxylic acids is 1. The molecule has 0 radical (unpaired) electrons. The molecule has 38 heavy (non-hydrogen) atoms. The maximum absolute atomic E-state index is 13.8. The molecule has 1 aliphatic heterocycles. The van der Waals surface area contributed by atoms with E-state index in [1.165, 1.54) is 12.0 Å². The minimum atomic E-state index is -1.05. The summed E-state index contributed by atoms with van der Waals surface area (Å²) in [5.74, 6) is -1.28. The van der Waals surface area contributed by atoms with Crippen LogP contribution in [0.15, 0.2) is 48.5 Å². The summed E-state index contributed by atoms with van der Waals surface area (Å²) < 4.78 is 6.68. The van der Waals surface area contributed by atoms with Gasteiger partial charge in [-0.1, -0.05) is 55.8 Å². The summed E-state index contributed by atoms with van der Waals surface area (Å²) in [5, 5.41) is 20.1. The van der Waals surface area contributed by atoms with Gasteiger partial charge in [-0.15, -0.1) is 0 Å². The summed E-state index contributed by atoms with van der Waals surface area (Å²) in [6.45, 7) is 2.21. The van der Waals surface area contributed by atoms with Crippen molar-refractivity contribution in [3.8, 4) is 11.1 Å². The first-order valence-corrected chi connectivity index (χ1v) is 12.9. The number of aromatic nitrogens is 2. The van der Waals surface area contributed by atoms with Gasteiger partial charge in [0.1, 0.15) is 17.6 Å². The zero-order chi connectivity index (χ0) is 27.2. The van der Waals surface area contributed by atoms with Gasteiger partial charge in [0.15, 0.2) is 0 Å². The number of carboxylic acids is 1. The van der Waals surface area contributed by atoms with E-state index in [9.17, 15) is 24.6 Å². The van der Waals surface area contributed by atoms with Crippen LogP contribution in [0.3, 0.4) is 0 Å². The summed E-state index contributed by atoms with van der Waals surface area (Å²) in [5.41, 5.74) is 2.70. The molecule has 9 heteroatoms. The first kappa shape index (κ1) is 27.1. The predicted octanol–water partition coefficient (Wildman–Crippen LogP) is 3.91. The molecule has 200 valence electrons. The molecule has 9 nitrogen and oxygen atoms in total. The minimum Gasteiger partial charge on any atom is -0.478 e. The molecule has 3 aromatic rings. The largest absolute Gasteiger partial charge is 0.478 e. The summed E-state index contributed by atoms with van der Waals surface area (Å²) in [6.07, 6.45) is 3.50. The number of imidazole rings is 1. The highest BCUT2D eigenvalue weighted by atomic mass is 16.5. The number of hydrogen-bond donors (Lipinski definition) is 2. The molecule has 4 rings (SSSR count). The Morgan fingerprint density at radius 1 is 1.13 bits per heavy atom. The summed E-state index contributed by atoms with van der Waals surface area (Å²) in [6, 6.07) is 13.9. The minimum absolute atomic E-state index is 0.157.